The lowest BCUT2D eigenvalue weighted by molar-refractivity contribution is -0.115. The van der Waals surface area contributed by atoms with E-state index in [9.17, 15) is 4.79 Å². The molecule has 0 aliphatic heterocycles. The fraction of sp³-hybridized carbons (Fsp3) is 0.0500. The molecular weight excluding hydrogens is 312 g/mol. The summed E-state index contributed by atoms with van der Waals surface area (Å²) in [5.74, 6) is 0.538. The van der Waals surface area contributed by atoms with Gasteiger partial charge < -0.3 is 10.3 Å². The molecule has 5 heteroatoms. The summed E-state index contributed by atoms with van der Waals surface area (Å²) in [6, 6.07) is 17.7. The SMILES string of the molecule is O=C(Cc1c[nH]c2ccccc12)Nc1cnc(-c2ccccc2)nc1. The summed E-state index contributed by atoms with van der Waals surface area (Å²) in [6.45, 7) is 0. The second-order valence-corrected chi connectivity index (χ2v) is 5.75. The topological polar surface area (TPSA) is 70.7 Å². The third kappa shape index (κ3) is 3.26. The highest BCUT2D eigenvalue weighted by molar-refractivity contribution is 5.95. The van der Waals surface area contributed by atoms with Crippen molar-refractivity contribution in [2.75, 3.05) is 5.32 Å². The van der Waals surface area contributed by atoms with Crippen LogP contribution in [0.2, 0.25) is 0 Å². The van der Waals surface area contributed by atoms with Crippen molar-refractivity contribution in [3.63, 3.8) is 0 Å². The van der Waals surface area contributed by atoms with Gasteiger partial charge in [0, 0.05) is 22.7 Å². The molecule has 0 radical (unpaired) electrons. The minimum absolute atomic E-state index is 0.0965. The number of aromatic amines is 1. The zero-order valence-corrected chi connectivity index (χ0v) is 13.4. The van der Waals surface area contributed by atoms with Crippen LogP contribution in [-0.2, 0) is 11.2 Å². The number of carbonyl (C=O) groups is 1. The number of anilines is 1. The first-order valence-corrected chi connectivity index (χ1v) is 8.02. The number of carbonyl (C=O) groups excluding carboxylic acids is 1. The smallest absolute Gasteiger partial charge is 0.228 e. The van der Waals surface area contributed by atoms with Gasteiger partial charge in [-0.1, -0.05) is 48.5 Å². The molecule has 0 saturated heterocycles. The molecule has 4 aromatic rings. The highest BCUT2D eigenvalue weighted by Gasteiger charge is 2.09. The van der Waals surface area contributed by atoms with Crippen LogP contribution in [0.4, 0.5) is 5.69 Å². The minimum Gasteiger partial charge on any atom is -0.361 e. The van der Waals surface area contributed by atoms with Crippen LogP contribution >= 0.6 is 0 Å². The fourth-order valence-electron chi connectivity index (χ4n) is 2.78. The minimum atomic E-state index is -0.0965. The van der Waals surface area contributed by atoms with Gasteiger partial charge in [0.05, 0.1) is 24.5 Å². The first-order valence-electron chi connectivity index (χ1n) is 8.02. The normalized spacial score (nSPS) is 10.7. The lowest BCUT2D eigenvalue weighted by atomic mass is 10.1. The number of amides is 1. The maximum atomic E-state index is 12.3. The van der Waals surface area contributed by atoms with Crippen molar-refractivity contribution in [1.29, 1.82) is 0 Å². The Hall–Kier alpha value is -3.47. The van der Waals surface area contributed by atoms with Crippen molar-refractivity contribution < 1.29 is 4.79 Å². The number of rotatable bonds is 4. The first-order chi connectivity index (χ1) is 12.3. The van der Waals surface area contributed by atoms with E-state index in [1.165, 1.54) is 0 Å². The van der Waals surface area contributed by atoms with E-state index in [4.69, 9.17) is 0 Å². The van der Waals surface area contributed by atoms with E-state index in [2.05, 4.69) is 20.3 Å². The monoisotopic (exact) mass is 328 g/mol. The lowest BCUT2D eigenvalue weighted by Gasteiger charge is -2.05. The molecule has 25 heavy (non-hydrogen) atoms. The van der Waals surface area contributed by atoms with Crippen molar-refractivity contribution in [3.8, 4) is 11.4 Å². The molecular formula is C20H16N4O. The Morgan fingerprint density at radius 3 is 2.48 bits per heavy atom. The molecule has 0 spiro atoms. The van der Waals surface area contributed by atoms with Gasteiger partial charge >= 0.3 is 0 Å². The van der Waals surface area contributed by atoms with Gasteiger partial charge in [0.15, 0.2) is 5.82 Å². The van der Waals surface area contributed by atoms with E-state index < -0.39 is 0 Å². The van der Waals surface area contributed by atoms with E-state index in [-0.39, 0.29) is 5.91 Å². The summed E-state index contributed by atoms with van der Waals surface area (Å²) < 4.78 is 0. The maximum absolute atomic E-state index is 12.3. The molecule has 0 aliphatic carbocycles. The van der Waals surface area contributed by atoms with Gasteiger partial charge in [0.1, 0.15) is 0 Å². The summed E-state index contributed by atoms with van der Waals surface area (Å²) in [7, 11) is 0. The Morgan fingerprint density at radius 1 is 0.960 bits per heavy atom. The molecule has 2 aromatic carbocycles. The van der Waals surface area contributed by atoms with Crippen LogP contribution in [0, 0.1) is 0 Å². The fourth-order valence-corrected chi connectivity index (χ4v) is 2.78. The van der Waals surface area contributed by atoms with Gasteiger partial charge in [-0.3, -0.25) is 4.79 Å². The van der Waals surface area contributed by atoms with Crippen molar-refractivity contribution in [3.05, 3.63) is 78.8 Å². The van der Waals surface area contributed by atoms with Gasteiger partial charge in [-0.25, -0.2) is 9.97 Å². The number of H-pyrrole nitrogens is 1. The number of benzene rings is 2. The predicted molar refractivity (Wildman–Crippen MR) is 98.1 cm³/mol. The Labute approximate surface area is 144 Å². The van der Waals surface area contributed by atoms with E-state index in [0.29, 0.717) is 17.9 Å². The molecule has 2 N–H and O–H groups in total. The molecule has 0 atom stereocenters. The number of para-hydroxylation sites is 1. The second kappa shape index (κ2) is 6.57. The summed E-state index contributed by atoms with van der Waals surface area (Å²) in [4.78, 5) is 24.1. The average Bonchev–Trinajstić information content (AvgIpc) is 3.06. The molecule has 0 aliphatic rings. The van der Waals surface area contributed by atoms with Gasteiger partial charge in [0.25, 0.3) is 0 Å². The summed E-state index contributed by atoms with van der Waals surface area (Å²) >= 11 is 0. The van der Waals surface area contributed by atoms with Gasteiger partial charge in [-0.2, -0.15) is 0 Å². The lowest BCUT2D eigenvalue weighted by Crippen LogP contribution is -2.14. The molecule has 2 aromatic heterocycles. The summed E-state index contributed by atoms with van der Waals surface area (Å²) in [5.41, 5.74) is 3.53. The van der Waals surface area contributed by atoms with Crippen LogP contribution in [0.3, 0.4) is 0 Å². The average molecular weight is 328 g/mol. The van der Waals surface area contributed by atoms with Gasteiger partial charge in [0.2, 0.25) is 5.91 Å². The number of nitrogens with zero attached hydrogens (tertiary/aromatic N) is 2. The molecule has 4 rings (SSSR count). The molecule has 0 bridgehead atoms. The van der Waals surface area contributed by atoms with Crippen LogP contribution in [0.15, 0.2) is 73.2 Å². The van der Waals surface area contributed by atoms with E-state index in [1.807, 2.05) is 60.8 Å². The maximum Gasteiger partial charge on any atom is 0.228 e. The molecule has 5 nitrogen and oxygen atoms in total. The first kappa shape index (κ1) is 15.1. The molecule has 0 saturated carbocycles. The van der Waals surface area contributed by atoms with Crippen molar-refractivity contribution in [2.45, 2.75) is 6.42 Å². The molecule has 0 unspecified atom stereocenters. The highest BCUT2D eigenvalue weighted by atomic mass is 16.1. The second-order valence-electron chi connectivity index (χ2n) is 5.75. The van der Waals surface area contributed by atoms with Crippen molar-refractivity contribution in [1.82, 2.24) is 15.0 Å². The van der Waals surface area contributed by atoms with Crippen LogP contribution in [0.1, 0.15) is 5.56 Å². The van der Waals surface area contributed by atoms with E-state index in [0.717, 1.165) is 22.0 Å². The molecule has 1 amide bonds. The van der Waals surface area contributed by atoms with E-state index in [1.54, 1.807) is 12.4 Å². The van der Waals surface area contributed by atoms with Crippen LogP contribution in [0.25, 0.3) is 22.3 Å². The van der Waals surface area contributed by atoms with Crippen LogP contribution in [0.5, 0.6) is 0 Å². The van der Waals surface area contributed by atoms with Gasteiger partial charge in [-0.15, -0.1) is 0 Å². The Kier molecular flexibility index (Phi) is 3.96. The Balaban J connectivity index is 1.46. The number of fused-ring (bicyclic) bond motifs is 1. The number of nitrogens with one attached hydrogen (secondary N) is 2. The zero-order chi connectivity index (χ0) is 17.1. The Morgan fingerprint density at radius 2 is 1.68 bits per heavy atom. The quantitative estimate of drug-likeness (QED) is 0.598. The largest absolute Gasteiger partial charge is 0.361 e. The molecule has 2 heterocycles. The molecule has 122 valence electrons. The summed E-state index contributed by atoms with van der Waals surface area (Å²) in [6.07, 6.45) is 5.43. The third-order valence-corrected chi connectivity index (χ3v) is 3.99. The predicted octanol–water partition coefficient (Wildman–Crippen LogP) is 3.81. The van der Waals surface area contributed by atoms with E-state index >= 15 is 0 Å². The van der Waals surface area contributed by atoms with Crippen molar-refractivity contribution >= 4 is 22.5 Å². The number of hydrogen-bond donors (Lipinski definition) is 2. The number of aromatic nitrogens is 3. The van der Waals surface area contributed by atoms with Crippen LogP contribution < -0.4 is 5.32 Å². The summed E-state index contributed by atoms with van der Waals surface area (Å²) in [5, 5.41) is 3.91. The Bertz CT molecular complexity index is 1010. The van der Waals surface area contributed by atoms with Crippen LogP contribution in [-0.4, -0.2) is 20.9 Å². The van der Waals surface area contributed by atoms with Gasteiger partial charge in [-0.05, 0) is 11.6 Å². The standard InChI is InChI=1S/C20H16N4O/c25-19(10-15-11-21-18-9-5-4-8-17(15)18)24-16-12-22-20(23-13-16)14-6-2-1-3-7-14/h1-9,11-13,21H,10H2,(H,24,25). The highest BCUT2D eigenvalue weighted by Crippen LogP contribution is 2.19. The van der Waals surface area contributed by atoms with Crippen molar-refractivity contribution in [2.24, 2.45) is 0 Å². The zero-order valence-electron chi connectivity index (χ0n) is 13.4. The number of hydrogen-bond acceptors (Lipinski definition) is 3. The third-order valence-electron chi connectivity index (χ3n) is 3.99. The molecule has 0 fully saturated rings.